The van der Waals surface area contributed by atoms with Crippen molar-refractivity contribution in [2.45, 2.75) is 97.4 Å². The number of aliphatic hydroxyl groups is 2. The van der Waals surface area contributed by atoms with Gasteiger partial charge >= 0.3 is 29.8 Å². The highest BCUT2D eigenvalue weighted by Crippen LogP contribution is 2.58. The van der Waals surface area contributed by atoms with E-state index < -0.39 is 95.7 Å². The molecule has 43 heavy (non-hydrogen) atoms. The molecule has 0 aromatic heterocycles. The van der Waals surface area contributed by atoms with Gasteiger partial charge in [0.15, 0.2) is 12.2 Å². The van der Waals surface area contributed by atoms with Crippen LogP contribution in [-0.2, 0) is 42.9 Å². The Labute approximate surface area is 251 Å². The van der Waals surface area contributed by atoms with Gasteiger partial charge < -0.3 is 33.9 Å². The molecule has 2 aliphatic carbocycles. The second-order valence-corrected chi connectivity index (χ2v) is 12.2. The molecule has 12 heteroatoms. The number of hydrogen-bond donors (Lipinski definition) is 2. The van der Waals surface area contributed by atoms with Gasteiger partial charge in [-0.05, 0) is 19.1 Å². The molecule has 0 spiro atoms. The highest BCUT2D eigenvalue weighted by molar-refractivity contribution is 5.89. The topological polar surface area (TPSA) is 172 Å². The number of fused-ring (bicyclic) bond motifs is 1. The summed E-state index contributed by atoms with van der Waals surface area (Å²) in [5.74, 6) is -6.27. The third-order valence-corrected chi connectivity index (χ3v) is 7.99. The molecular weight excluding hydrogens is 564 g/mol. The van der Waals surface area contributed by atoms with Crippen molar-refractivity contribution >= 4 is 29.8 Å². The van der Waals surface area contributed by atoms with Crippen LogP contribution in [-0.4, -0.2) is 82.8 Å². The van der Waals surface area contributed by atoms with Crippen LogP contribution in [0.2, 0.25) is 0 Å². The van der Waals surface area contributed by atoms with Crippen molar-refractivity contribution in [1.29, 1.82) is 0 Å². The third-order valence-electron chi connectivity index (χ3n) is 7.99. The first-order chi connectivity index (χ1) is 20.0. The highest BCUT2D eigenvalue weighted by atomic mass is 16.6. The van der Waals surface area contributed by atoms with E-state index in [1.807, 2.05) is 0 Å². The Morgan fingerprint density at radius 2 is 1.40 bits per heavy atom. The summed E-state index contributed by atoms with van der Waals surface area (Å²) < 4.78 is 28.9. The number of aliphatic hydroxyl groups excluding tert-OH is 1. The number of ether oxygens (including phenoxy) is 5. The van der Waals surface area contributed by atoms with Crippen molar-refractivity contribution in [2.75, 3.05) is 6.61 Å². The molecule has 8 unspecified atom stereocenters. The van der Waals surface area contributed by atoms with Gasteiger partial charge in [0, 0.05) is 32.6 Å². The maximum absolute atomic E-state index is 13.6. The zero-order valence-electron chi connectivity index (χ0n) is 25.6. The van der Waals surface area contributed by atoms with Crippen molar-refractivity contribution in [3.63, 3.8) is 0 Å². The van der Waals surface area contributed by atoms with Crippen LogP contribution in [0.25, 0.3) is 0 Å². The summed E-state index contributed by atoms with van der Waals surface area (Å²) in [7, 11) is 0. The van der Waals surface area contributed by atoms with E-state index in [0.29, 0.717) is 0 Å². The Bertz CT molecular complexity index is 1190. The monoisotopic (exact) mass is 606 g/mol. The number of esters is 5. The van der Waals surface area contributed by atoms with Crippen molar-refractivity contribution in [3.05, 3.63) is 35.9 Å². The number of hydrogen-bond acceptors (Lipinski definition) is 12. The van der Waals surface area contributed by atoms with E-state index in [4.69, 9.17) is 23.7 Å². The number of carbonyl (C=O) groups excluding carboxylic acids is 5. The summed E-state index contributed by atoms with van der Waals surface area (Å²) in [4.78, 5) is 64.1. The van der Waals surface area contributed by atoms with Crippen LogP contribution in [0.1, 0.15) is 71.7 Å². The van der Waals surface area contributed by atoms with Gasteiger partial charge in [-0.2, -0.15) is 0 Å². The molecule has 1 aromatic carbocycles. The largest absolute Gasteiger partial charge is 0.465 e. The SMILES string of the molecule is CC(=O)OC1CC(C)(O)C2C(O)CC(OC(=O)C(C)C)C(OC(=O)c3ccccc3)C2(COC(=O)C(C)C)C1OC(C)=O. The number of carbonyl (C=O) groups is 5. The lowest BCUT2D eigenvalue weighted by Crippen LogP contribution is -2.76. The normalized spacial score (nSPS) is 31.9. The predicted molar refractivity (Wildman–Crippen MR) is 149 cm³/mol. The fraction of sp³-hybridized carbons (Fsp3) is 0.645. The van der Waals surface area contributed by atoms with Gasteiger partial charge in [-0.25, -0.2) is 4.79 Å². The summed E-state index contributed by atoms with van der Waals surface area (Å²) >= 11 is 0. The van der Waals surface area contributed by atoms with Crippen LogP contribution in [0.5, 0.6) is 0 Å². The van der Waals surface area contributed by atoms with Gasteiger partial charge in [0.25, 0.3) is 0 Å². The second-order valence-electron chi connectivity index (χ2n) is 12.2. The lowest BCUT2D eigenvalue weighted by Gasteiger charge is -2.62. The fourth-order valence-electron chi connectivity index (χ4n) is 6.33. The van der Waals surface area contributed by atoms with Crippen LogP contribution < -0.4 is 0 Å². The average molecular weight is 607 g/mol. The van der Waals surface area contributed by atoms with Gasteiger partial charge in [0.2, 0.25) is 0 Å². The minimum Gasteiger partial charge on any atom is -0.465 e. The smallest absolute Gasteiger partial charge is 0.338 e. The van der Waals surface area contributed by atoms with Crippen LogP contribution in [0.3, 0.4) is 0 Å². The summed E-state index contributed by atoms with van der Waals surface area (Å²) in [6, 6.07) is 7.93. The summed E-state index contributed by atoms with van der Waals surface area (Å²) in [6.07, 6.45) is -7.70. The average Bonchev–Trinajstić information content (AvgIpc) is 2.90. The van der Waals surface area contributed by atoms with E-state index >= 15 is 0 Å². The zero-order valence-corrected chi connectivity index (χ0v) is 25.6. The maximum atomic E-state index is 13.6. The zero-order chi connectivity index (χ0) is 32.3. The standard InChI is InChI=1S/C31H42O12/c1-16(2)27(35)39-15-31-24(30(7,38)14-23(40-18(5)32)26(31)41-19(6)33)21(34)13-22(42-28(36)17(3)4)25(31)43-29(37)20-11-9-8-10-12-20/h8-12,16-17,21-26,34,38H,13-15H2,1-7H3. The Hall–Kier alpha value is -3.51. The quantitative estimate of drug-likeness (QED) is 0.311. The predicted octanol–water partition coefficient (Wildman–Crippen LogP) is 2.36. The molecule has 3 rings (SSSR count). The molecule has 2 fully saturated rings. The third kappa shape index (κ3) is 7.35. The van der Waals surface area contributed by atoms with E-state index in [9.17, 15) is 34.2 Å². The molecule has 0 radical (unpaired) electrons. The van der Waals surface area contributed by atoms with E-state index in [1.165, 1.54) is 19.1 Å². The van der Waals surface area contributed by atoms with Crippen molar-refractivity contribution in [2.24, 2.45) is 23.2 Å². The van der Waals surface area contributed by atoms with Crippen molar-refractivity contribution < 1.29 is 57.9 Å². The molecule has 1 aromatic rings. The van der Waals surface area contributed by atoms with E-state index in [-0.39, 0.29) is 18.4 Å². The molecule has 0 bridgehead atoms. The molecule has 0 aliphatic heterocycles. The first kappa shape index (κ1) is 34.0. The van der Waals surface area contributed by atoms with Gasteiger partial charge in [0.1, 0.15) is 18.8 Å². The molecule has 0 saturated heterocycles. The van der Waals surface area contributed by atoms with Gasteiger partial charge in [-0.15, -0.1) is 0 Å². The Morgan fingerprint density at radius 1 is 0.837 bits per heavy atom. The summed E-state index contributed by atoms with van der Waals surface area (Å²) in [5, 5.41) is 23.5. The Morgan fingerprint density at radius 3 is 1.93 bits per heavy atom. The molecule has 238 valence electrons. The lowest BCUT2D eigenvalue weighted by molar-refractivity contribution is -0.305. The van der Waals surface area contributed by atoms with Crippen LogP contribution in [0, 0.1) is 23.2 Å². The molecule has 0 amide bonds. The van der Waals surface area contributed by atoms with Crippen LogP contribution in [0.15, 0.2) is 30.3 Å². The van der Waals surface area contributed by atoms with E-state index in [2.05, 4.69) is 0 Å². The Kier molecular flexibility index (Phi) is 10.6. The molecule has 2 saturated carbocycles. The minimum absolute atomic E-state index is 0.136. The maximum Gasteiger partial charge on any atom is 0.338 e. The lowest BCUT2D eigenvalue weighted by atomic mass is 9.49. The molecule has 0 heterocycles. The van der Waals surface area contributed by atoms with Crippen molar-refractivity contribution in [3.8, 4) is 0 Å². The first-order valence-corrected chi connectivity index (χ1v) is 14.4. The van der Waals surface area contributed by atoms with Gasteiger partial charge in [0.05, 0.1) is 34.5 Å². The fourth-order valence-corrected chi connectivity index (χ4v) is 6.33. The first-order valence-electron chi connectivity index (χ1n) is 14.4. The summed E-state index contributed by atoms with van der Waals surface area (Å²) in [6.45, 7) is 9.37. The van der Waals surface area contributed by atoms with Gasteiger partial charge in [-0.1, -0.05) is 45.9 Å². The molecule has 2 aliphatic rings. The minimum atomic E-state index is -1.96. The number of benzene rings is 1. The molecular formula is C31H42O12. The highest BCUT2D eigenvalue weighted by Gasteiger charge is 2.72. The van der Waals surface area contributed by atoms with Gasteiger partial charge in [-0.3, -0.25) is 19.2 Å². The van der Waals surface area contributed by atoms with E-state index in [0.717, 1.165) is 13.8 Å². The second kappa shape index (κ2) is 13.4. The molecule has 2 N–H and O–H groups in total. The van der Waals surface area contributed by atoms with Crippen LogP contribution >= 0.6 is 0 Å². The molecule has 8 atom stereocenters. The Balaban J connectivity index is 2.34. The van der Waals surface area contributed by atoms with E-state index in [1.54, 1.807) is 45.9 Å². The van der Waals surface area contributed by atoms with Crippen molar-refractivity contribution in [1.82, 2.24) is 0 Å². The number of rotatable bonds is 9. The van der Waals surface area contributed by atoms with Crippen LogP contribution in [0.4, 0.5) is 0 Å². The molecule has 12 nitrogen and oxygen atoms in total. The summed E-state index contributed by atoms with van der Waals surface area (Å²) in [5.41, 5.74) is -3.66.